The maximum absolute atomic E-state index is 13.5. The van der Waals surface area contributed by atoms with Gasteiger partial charge >= 0.3 is 0 Å². The highest BCUT2D eigenvalue weighted by Crippen LogP contribution is 2.30. The standard InChI is InChI=1S/C9H3BrClFIN/c10-5-2-1-4-7(11)6(13)3-14-9(4)8(5)12/h1-3H. The van der Waals surface area contributed by atoms with Crippen LogP contribution in [0, 0.1) is 9.39 Å². The molecule has 0 N–H and O–H groups in total. The second-order valence-electron chi connectivity index (χ2n) is 2.68. The average Bonchev–Trinajstić information content (AvgIpc) is 2.17. The molecule has 5 heteroatoms. The molecule has 2 aromatic rings. The monoisotopic (exact) mass is 385 g/mol. The number of pyridine rings is 1. The van der Waals surface area contributed by atoms with Gasteiger partial charge in [0.05, 0.1) is 13.1 Å². The molecule has 2 rings (SSSR count). The first-order valence-corrected chi connectivity index (χ1v) is 5.94. The van der Waals surface area contributed by atoms with Gasteiger partial charge in [0.1, 0.15) is 5.52 Å². The molecule has 1 nitrogen and oxygen atoms in total. The maximum Gasteiger partial charge on any atom is 0.163 e. The smallest absolute Gasteiger partial charge is 0.163 e. The summed E-state index contributed by atoms with van der Waals surface area (Å²) in [6.07, 6.45) is 1.56. The Morgan fingerprint density at radius 2 is 2.14 bits per heavy atom. The minimum Gasteiger partial charge on any atom is -0.252 e. The van der Waals surface area contributed by atoms with Crippen molar-refractivity contribution in [1.29, 1.82) is 0 Å². The zero-order valence-corrected chi connectivity index (χ0v) is 11.2. The molecule has 1 heterocycles. The predicted octanol–water partition coefficient (Wildman–Crippen LogP) is 4.39. The van der Waals surface area contributed by atoms with Gasteiger partial charge in [-0.05, 0) is 50.7 Å². The Balaban J connectivity index is 2.94. The third kappa shape index (κ3) is 1.63. The molecule has 72 valence electrons. The van der Waals surface area contributed by atoms with Crippen LogP contribution >= 0.6 is 50.1 Å². The summed E-state index contributed by atoms with van der Waals surface area (Å²) in [7, 11) is 0. The van der Waals surface area contributed by atoms with Gasteiger partial charge in [-0.1, -0.05) is 11.6 Å². The van der Waals surface area contributed by atoms with Gasteiger partial charge < -0.3 is 0 Å². The summed E-state index contributed by atoms with van der Waals surface area (Å²) in [5.41, 5.74) is 0.296. The van der Waals surface area contributed by atoms with Gasteiger partial charge in [-0.25, -0.2) is 4.39 Å². The lowest BCUT2D eigenvalue weighted by atomic mass is 10.2. The Morgan fingerprint density at radius 3 is 2.86 bits per heavy atom. The fourth-order valence-electron chi connectivity index (χ4n) is 1.15. The molecule has 1 aromatic heterocycles. The molecule has 1 aromatic carbocycles. The van der Waals surface area contributed by atoms with Crippen molar-refractivity contribution in [2.24, 2.45) is 0 Å². The van der Waals surface area contributed by atoms with E-state index in [1.807, 2.05) is 0 Å². The first-order valence-electron chi connectivity index (χ1n) is 3.69. The lowest BCUT2D eigenvalue weighted by Crippen LogP contribution is -1.88. The summed E-state index contributed by atoms with van der Waals surface area (Å²) in [4.78, 5) is 4.00. The minimum absolute atomic E-state index is 0.296. The van der Waals surface area contributed by atoms with E-state index in [1.165, 1.54) is 0 Å². The van der Waals surface area contributed by atoms with Gasteiger partial charge in [-0.15, -0.1) is 0 Å². The van der Waals surface area contributed by atoms with Crippen LogP contribution in [-0.2, 0) is 0 Å². The van der Waals surface area contributed by atoms with Crippen molar-refractivity contribution >= 4 is 61.0 Å². The first kappa shape index (κ1) is 10.6. The molecule has 0 spiro atoms. The summed E-state index contributed by atoms with van der Waals surface area (Å²) in [6.45, 7) is 0. The zero-order chi connectivity index (χ0) is 10.3. The van der Waals surface area contributed by atoms with Crippen molar-refractivity contribution in [3.05, 3.63) is 37.2 Å². The van der Waals surface area contributed by atoms with Crippen molar-refractivity contribution in [1.82, 2.24) is 4.98 Å². The van der Waals surface area contributed by atoms with Crippen LogP contribution in [0.5, 0.6) is 0 Å². The summed E-state index contributed by atoms with van der Waals surface area (Å²) < 4.78 is 14.8. The number of hydrogen-bond acceptors (Lipinski definition) is 1. The van der Waals surface area contributed by atoms with Gasteiger partial charge in [0.25, 0.3) is 0 Å². The van der Waals surface area contributed by atoms with Crippen LogP contribution < -0.4 is 0 Å². The highest BCUT2D eigenvalue weighted by atomic mass is 127. The molecule has 0 aliphatic heterocycles. The Hall–Kier alpha value is 0.0600. The normalized spacial score (nSPS) is 10.9. The van der Waals surface area contributed by atoms with E-state index in [2.05, 4.69) is 43.5 Å². The van der Waals surface area contributed by atoms with Gasteiger partial charge in [-0.2, -0.15) is 0 Å². The topological polar surface area (TPSA) is 12.9 Å². The molecule has 14 heavy (non-hydrogen) atoms. The zero-order valence-electron chi connectivity index (χ0n) is 6.69. The number of hydrogen-bond donors (Lipinski definition) is 0. The van der Waals surface area contributed by atoms with Crippen LogP contribution in [-0.4, -0.2) is 4.98 Å². The van der Waals surface area contributed by atoms with Crippen LogP contribution in [0.15, 0.2) is 22.8 Å². The second-order valence-corrected chi connectivity index (χ2v) is 5.07. The van der Waals surface area contributed by atoms with Crippen LogP contribution in [0.3, 0.4) is 0 Å². The molecule has 0 fully saturated rings. The fourth-order valence-corrected chi connectivity index (χ4v) is 2.10. The molecule has 0 aliphatic rings. The van der Waals surface area contributed by atoms with E-state index in [4.69, 9.17) is 11.6 Å². The van der Waals surface area contributed by atoms with Gasteiger partial charge in [0.15, 0.2) is 5.82 Å². The summed E-state index contributed by atoms with van der Waals surface area (Å²) >= 11 is 11.2. The third-order valence-corrected chi connectivity index (χ3v) is 3.98. The molecule has 0 saturated heterocycles. The summed E-state index contributed by atoms with van der Waals surface area (Å²) in [5.74, 6) is -0.374. The van der Waals surface area contributed by atoms with E-state index >= 15 is 0 Å². The summed E-state index contributed by atoms with van der Waals surface area (Å²) in [6, 6.07) is 3.38. The largest absolute Gasteiger partial charge is 0.252 e. The van der Waals surface area contributed by atoms with E-state index in [-0.39, 0.29) is 5.82 Å². The van der Waals surface area contributed by atoms with Crippen molar-refractivity contribution in [2.75, 3.05) is 0 Å². The van der Waals surface area contributed by atoms with Crippen LogP contribution in [0.2, 0.25) is 5.02 Å². The lowest BCUT2D eigenvalue weighted by Gasteiger charge is -2.03. The predicted molar refractivity (Wildman–Crippen MR) is 67.1 cm³/mol. The molecule has 0 aliphatic carbocycles. The van der Waals surface area contributed by atoms with E-state index in [1.54, 1.807) is 18.3 Å². The van der Waals surface area contributed by atoms with Crippen LogP contribution in [0.25, 0.3) is 10.9 Å². The Bertz CT molecular complexity index is 470. The molecule has 0 atom stereocenters. The molecule has 0 bridgehead atoms. The molecular formula is C9H3BrClFIN. The van der Waals surface area contributed by atoms with E-state index in [0.29, 0.717) is 20.4 Å². The number of benzene rings is 1. The van der Waals surface area contributed by atoms with Crippen LogP contribution in [0.4, 0.5) is 4.39 Å². The average molecular weight is 386 g/mol. The van der Waals surface area contributed by atoms with E-state index in [9.17, 15) is 4.39 Å². The highest BCUT2D eigenvalue weighted by molar-refractivity contribution is 14.1. The highest BCUT2D eigenvalue weighted by Gasteiger charge is 2.10. The van der Waals surface area contributed by atoms with Crippen LogP contribution in [0.1, 0.15) is 0 Å². The number of halogens is 4. The lowest BCUT2D eigenvalue weighted by molar-refractivity contribution is 0.630. The molecule has 0 unspecified atom stereocenters. The summed E-state index contributed by atoms with van der Waals surface area (Å²) in [5, 5.41) is 1.18. The number of aromatic nitrogens is 1. The molecule has 0 radical (unpaired) electrons. The quantitative estimate of drug-likeness (QED) is 0.612. The minimum atomic E-state index is -0.374. The van der Waals surface area contributed by atoms with Crippen molar-refractivity contribution in [3.63, 3.8) is 0 Å². The number of rotatable bonds is 0. The van der Waals surface area contributed by atoms with Crippen molar-refractivity contribution in [2.45, 2.75) is 0 Å². The van der Waals surface area contributed by atoms with Gasteiger partial charge in [0, 0.05) is 11.6 Å². The number of nitrogens with zero attached hydrogens (tertiary/aromatic N) is 1. The molecule has 0 saturated carbocycles. The number of fused-ring (bicyclic) bond motifs is 1. The Kier molecular flexibility index (Phi) is 2.95. The van der Waals surface area contributed by atoms with E-state index < -0.39 is 0 Å². The molecule has 0 amide bonds. The van der Waals surface area contributed by atoms with Gasteiger partial charge in [0.2, 0.25) is 0 Å². The SMILES string of the molecule is Fc1c(Br)ccc2c(Cl)c(I)cnc12. The third-order valence-electron chi connectivity index (χ3n) is 1.82. The van der Waals surface area contributed by atoms with Crippen molar-refractivity contribution < 1.29 is 4.39 Å². The maximum atomic E-state index is 13.5. The Labute approximate surface area is 107 Å². The van der Waals surface area contributed by atoms with Crippen molar-refractivity contribution in [3.8, 4) is 0 Å². The molecular weight excluding hydrogens is 383 g/mol. The first-order chi connectivity index (χ1) is 6.61. The Morgan fingerprint density at radius 1 is 1.43 bits per heavy atom. The van der Waals surface area contributed by atoms with E-state index in [0.717, 1.165) is 3.57 Å². The van der Waals surface area contributed by atoms with Gasteiger partial charge in [-0.3, -0.25) is 4.98 Å². The fraction of sp³-hybridized carbons (Fsp3) is 0. The second kappa shape index (κ2) is 3.90.